The summed E-state index contributed by atoms with van der Waals surface area (Å²) >= 11 is 0. The van der Waals surface area contributed by atoms with Crippen LogP contribution in [0.15, 0.2) is 30.5 Å². The molecule has 0 fully saturated rings. The lowest BCUT2D eigenvalue weighted by molar-refractivity contribution is 0.277. The Morgan fingerprint density at radius 3 is 2.89 bits per heavy atom. The van der Waals surface area contributed by atoms with Gasteiger partial charge in [0.05, 0.1) is 18.0 Å². The van der Waals surface area contributed by atoms with Crippen molar-refractivity contribution in [1.29, 1.82) is 0 Å². The molecule has 0 radical (unpaired) electrons. The highest BCUT2D eigenvalue weighted by Crippen LogP contribution is 2.25. The molecule has 19 heavy (non-hydrogen) atoms. The number of H-pyrrole nitrogens is 1. The minimum absolute atomic E-state index is 0.210. The molecule has 96 valence electrons. The molecule has 2 heterocycles. The maximum Gasteiger partial charge on any atom is 0.147 e. The number of nitrogens with one attached hydrogen (secondary N) is 1. The molecule has 0 unspecified atom stereocenters. The van der Waals surface area contributed by atoms with E-state index >= 15 is 0 Å². The Morgan fingerprint density at radius 2 is 2.11 bits per heavy atom. The lowest BCUT2D eigenvalue weighted by Gasteiger charge is -2.09. The zero-order valence-electron chi connectivity index (χ0n) is 10.5. The van der Waals surface area contributed by atoms with Crippen LogP contribution in [-0.4, -0.2) is 20.1 Å². The van der Waals surface area contributed by atoms with Crippen LogP contribution in [0.4, 0.5) is 5.82 Å². The third kappa shape index (κ3) is 1.94. The largest absolute Gasteiger partial charge is 0.390 e. The molecule has 5 nitrogen and oxygen atoms in total. The standard InChI is InChI=1S/C14H14N4O/c1-8-13(18-12(7-19)14(15)17-8)10-2-3-11-9(6-10)4-5-16-11/h2-6,16,19H,7H2,1H3,(H2,15,17). The maximum atomic E-state index is 9.23. The number of aliphatic hydroxyl groups is 1. The molecule has 3 aromatic rings. The number of nitrogen functional groups attached to an aromatic ring is 1. The fourth-order valence-electron chi connectivity index (χ4n) is 2.16. The molecular weight excluding hydrogens is 240 g/mol. The Kier molecular flexibility index (Phi) is 2.68. The average molecular weight is 254 g/mol. The van der Waals surface area contributed by atoms with E-state index in [4.69, 9.17) is 5.73 Å². The Labute approximate surface area is 110 Å². The minimum Gasteiger partial charge on any atom is -0.390 e. The summed E-state index contributed by atoms with van der Waals surface area (Å²) in [6, 6.07) is 8.03. The van der Waals surface area contributed by atoms with Crippen LogP contribution in [0.2, 0.25) is 0 Å². The first-order valence-corrected chi connectivity index (χ1v) is 6.00. The molecule has 0 atom stereocenters. The number of benzene rings is 1. The number of hydrogen-bond donors (Lipinski definition) is 3. The van der Waals surface area contributed by atoms with Gasteiger partial charge < -0.3 is 15.8 Å². The van der Waals surface area contributed by atoms with Crippen LogP contribution in [-0.2, 0) is 6.61 Å². The van der Waals surface area contributed by atoms with Crippen LogP contribution in [0.1, 0.15) is 11.4 Å². The van der Waals surface area contributed by atoms with E-state index in [0.717, 1.165) is 27.9 Å². The topological polar surface area (TPSA) is 87.8 Å². The zero-order chi connectivity index (χ0) is 13.4. The maximum absolute atomic E-state index is 9.23. The summed E-state index contributed by atoms with van der Waals surface area (Å²) in [5.74, 6) is 0.284. The van der Waals surface area contributed by atoms with E-state index in [1.807, 2.05) is 37.4 Å². The van der Waals surface area contributed by atoms with Crippen LogP contribution in [0.3, 0.4) is 0 Å². The molecule has 4 N–H and O–H groups in total. The monoisotopic (exact) mass is 254 g/mol. The molecule has 0 saturated heterocycles. The Balaban J connectivity index is 2.19. The number of aryl methyl sites for hydroxylation is 1. The van der Waals surface area contributed by atoms with Crippen molar-refractivity contribution >= 4 is 16.7 Å². The molecule has 0 aliphatic rings. The summed E-state index contributed by atoms with van der Waals surface area (Å²) in [7, 11) is 0. The number of nitrogens with zero attached hydrogens (tertiary/aromatic N) is 2. The summed E-state index contributed by atoms with van der Waals surface area (Å²) in [6.45, 7) is 1.65. The van der Waals surface area contributed by atoms with E-state index in [-0.39, 0.29) is 12.4 Å². The third-order valence-corrected chi connectivity index (χ3v) is 3.15. The van der Waals surface area contributed by atoms with Gasteiger partial charge in [0.2, 0.25) is 0 Å². The second-order valence-corrected chi connectivity index (χ2v) is 4.43. The molecular formula is C14H14N4O. The summed E-state index contributed by atoms with van der Waals surface area (Å²) in [6.07, 6.45) is 1.90. The van der Waals surface area contributed by atoms with Crippen LogP contribution >= 0.6 is 0 Å². The summed E-state index contributed by atoms with van der Waals surface area (Å²) in [5, 5.41) is 10.3. The van der Waals surface area contributed by atoms with Gasteiger partial charge in [-0.25, -0.2) is 9.97 Å². The van der Waals surface area contributed by atoms with Crippen molar-refractivity contribution in [1.82, 2.24) is 15.0 Å². The van der Waals surface area contributed by atoms with Gasteiger partial charge in [-0.3, -0.25) is 0 Å². The summed E-state index contributed by atoms with van der Waals surface area (Å²) in [5.41, 5.74) is 9.67. The predicted molar refractivity (Wildman–Crippen MR) is 74.4 cm³/mol. The van der Waals surface area contributed by atoms with Crippen molar-refractivity contribution in [3.63, 3.8) is 0 Å². The van der Waals surface area contributed by atoms with Crippen molar-refractivity contribution < 1.29 is 5.11 Å². The van der Waals surface area contributed by atoms with Gasteiger partial charge in [-0.05, 0) is 25.1 Å². The number of aliphatic hydroxyl groups excluding tert-OH is 1. The second-order valence-electron chi connectivity index (χ2n) is 4.43. The number of aromatic nitrogens is 3. The van der Waals surface area contributed by atoms with Crippen molar-refractivity contribution in [2.75, 3.05) is 5.73 Å². The van der Waals surface area contributed by atoms with E-state index < -0.39 is 0 Å². The van der Waals surface area contributed by atoms with E-state index in [9.17, 15) is 5.11 Å². The lowest BCUT2D eigenvalue weighted by Crippen LogP contribution is -2.05. The minimum atomic E-state index is -0.210. The van der Waals surface area contributed by atoms with E-state index in [1.54, 1.807) is 0 Å². The molecule has 3 rings (SSSR count). The molecule has 0 amide bonds. The molecule has 0 bridgehead atoms. The van der Waals surface area contributed by atoms with Crippen molar-refractivity contribution in [2.24, 2.45) is 0 Å². The second kappa shape index (κ2) is 4.37. The number of nitrogens with two attached hydrogens (primary N) is 1. The first-order valence-electron chi connectivity index (χ1n) is 6.00. The normalized spacial score (nSPS) is 11.1. The van der Waals surface area contributed by atoms with Crippen LogP contribution in [0.5, 0.6) is 0 Å². The quantitative estimate of drug-likeness (QED) is 0.652. The highest BCUT2D eigenvalue weighted by atomic mass is 16.3. The average Bonchev–Trinajstić information content (AvgIpc) is 2.86. The fraction of sp³-hybridized carbons (Fsp3) is 0.143. The van der Waals surface area contributed by atoms with Gasteiger partial charge in [0.15, 0.2) is 0 Å². The molecule has 0 aliphatic carbocycles. The van der Waals surface area contributed by atoms with Gasteiger partial charge in [-0.2, -0.15) is 0 Å². The van der Waals surface area contributed by atoms with Crippen molar-refractivity contribution in [3.8, 4) is 11.3 Å². The van der Waals surface area contributed by atoms with Crippen molar-refractivity contribution in [3.05, 3.63) is 41.9 Å². The zero-order valence-corrected chi connectivity index (χ0v) is 10.5. The number of rotatable bonds is 2. The lowest BCUT2D eigenvalue weighted by atomic mass is 10.1. The van der Waals surface area contributed by atoms with Crippen LogP contribution in [0.25, 0.3) is 22.2 Å². The van der Waals surface area contributed by atoms with Crippen LogP contribution < -0.4 is 5.73 Å². The van der Waals surface area contributed by atoms with Crippen LogP contribution in [0, 0.1) is 6.92 Å². The smallest absolute Gasteiger partial charge is 0.147 e. The van der Waals surface area contributed by atoms with Gasteiger partial charge in [0.1, 0.15) is 11.5 Å². The Hall–Kier alpha value is -2.40. The number of fused-ring (bicyclic) bond motifs is 1. The SMILES string of the molecule is Cc1nc(N)c(CO)nc1-c1ccc2[nH]ccc2c1. The fourth-order valence-corrected chi connectivity index (χ4v) is 2.16. The highest BCUT2D eigenvalue weighted by molar-refractivity contribution is 5.84. The van der Waals surface area contributed by atoms with Gasteiger partial charge in [-0.1, -0.05) is 6.07 Å². The Morgan fingerprint density at radius 1 is 1.26 bits per heavy atom. The molecule has 1 aromatic carbocycles. The van der Waals surface area contributed by atoms with E-state index in [1.165, 1.54) is 0 Å². The molecule has 5 heteroatoms. The Bertz CT molecular complexity index is 748. The van der Waals surface area contributed by atoms with Crippen molar-refractivity contribution in [2.45, 2.75) is 13.5 Å². The molecule has 0 saturated carbocycles. The number of hydrogen-bond acceptors (Lipinski definition) is 4. The van der Waals surface area contributed by atoms with E-state index in [2.05, 4.69) is 15.0 Å². The third-order valence-electron chi connectivity index (χ3n) is 3.15. The highest BCUT2D eigenvalue weighted by Gasteiger charge is 2.10. The molecule has 0 spiro atoms. The number of anilines is 1. The van der Waals surface area contributed by atoms with Gasteiger partial charge in [0.25, 0.3) is 0 Å². The first kappa shape index (κ1) is 11.7. The molecule has 2 aromatic heterocycles. The summed E-state index contributed by atoms with van der Waals surface area (Å²) < 4.78 is 0. The molecule has 0 aliphatic heterocycles. The van der Waals surface area contributed by atoms with E-state index in [0.29, 0.717) is 5.69 Å². The number of aromatic amines is 1. The summed E-state index contributed by atoms with van der Waals surface area (Å²) in [4.78, 5) is 11.8. The van der Waals surface area contributed by atoms with Gasteiger partial charge in [0, 0.05) is 22.7 Å². The predicted octanol–water partition coefficient (Wildman–Crippen LogP) is 2.01. The van der Waals surface area contributed by atoms with Gasteiger partial charge >= 0.3 is 0 Å². The first-order chi connectivity index (χ1) is 9.19. The van der Waals surface area contributed by atoms with Gasteiger partial charge in [-0.15, -0.1) is 0 Å².